The van der Waals surface area contributed by atoms with Crippen molar-refractivity contribution in [2.45, 2.75) is 63.5 Å². The van der Waals surface area contributed by atoms with Gasteiger partial charge in [-0.2, -0.15) is 0 Å². The number of piperazine rings is 1. The summed E-state index contributed by atoms with van der Waals surface area (Å²) >= 11 is 0. The van der Waals surface area contributed by atoms with Gasteiger partial charge in [-0.1, -0.05) is 36.4 Å². The largest absolute Gasteiger partial charge is 0.507 e. The summed E-state index contributed by atoms with van der Waals surface area (Å²) in [5.41, 5.74) is 11.8. The summed E-state index contributed by atoms with van der Waals surface area (Å²) in [4.78, 5) is 26.4. The maximum atomic E-state index is 12.1. The van der Waals surface area contributed by atoms with Crippen LogP contribution in [0, 0.1) is 5.92 Å². The highest BCUT2D eigenvalue weighted by atomic mass is 16.5. The number of hydrogen-bond acceptors (Lipinski definition) is 10. The van der Waals surface area contributed by atoms with E-state index >= 15 is 0 Å². The van der Waals surface area contributed by atoms with Crippen LogP contribution >= 0.6 is 0 Å². The van der Waals surface area contributed by atoms with E-state index in [1.54, 1.807) is 12.1 Å². The van der Waals surface area contributed by atoms with Gasteiger partial charge in [-0.05, 0) is 80.7 Å². The number of nitrogens with two attached hydrogens (primary N) is 1. The molecule has 3 N–H and O–H groups in total. The lowest BCUT2D eigenvalue weighted by Crippen LogP contribution is -2.54. The number of esters is 1. The third kappa shape index (κ3) is 5.77. The molecule has 3 aliphatic rings. The number of para-hydroxylation sites is 1. The van der Waals surface area contributed by atoms with Crippen molar-refractivity contribution in [2.75, 3.05) is 35.2 Å². The number of benzene rings is 2. The maximum absolute atomic E-state index is 12.1. The molecule has 45 heavy (non-hydrogen) atoms. The van der Waals surface area contributed by atoms with Crippen molar-refractivity contribution < 1.29 is 14.6 Å². The minimum Gasteiger partial charge on any atom is -0.507 e. The smallest absolute Gasteiger partial charge is 0.308 e. The van der Waals surface area contributed by atoms with Crippen molar-refractivity contribution in [3.63, 3.8) is 0 Å². The van der Waals surface area contributed by atoms with Crippen LogP contribution in [-0.4, -0.2) is 63.0 Å². The van der Waals surface area contributed by atoms with Crippen LogP contribution in [0.1, 0.15) is 56.9 Å². The number of hydrogen-bond donors (Lipinski definition) is 2. The molecule has 232 valence electrons. The molecule has 1 saturated carbocycles. The molecule has 2 saturated heterocycles. The number of nitrogens with zero attached hydrogens (tertiary/aromatic N) is 6. The number of ether oxygens (including phenoxy) is 1. The zero-order valence-corrected chi connectivity index (χ0v) is 25.5. The number of rotatable bonds is 7. The SMILES string of the molecule is CCOC(=O)C1CCC(c2ccc(-c3cnc(N4C5CC[C@@H]4CN(c4cc(-c6ccccc6O)nnc4N)C5)nc3)cc2)CC1. The Kier molecular flexibility index (Phi) is 7.95. The minimum absolute atomic E-state index is 0.0419. The lowest BCUT2D eigenvalue weighted by molar-refractivity contribution is -0.149. The molecule has 3 fully saturated rings. The van der Waals surface area contributed by atoms with Crippen LogP contribution in [-0.2, 0) is 9.53 Å². The van der Waals surface area contributed by atoms with Crippen LogP contribution in [0.15, 0.2) is 67.0 Å². The Labute approximate surface area is 263 Å². The zero-order valence-electron chi connectivity index (χ0n) is 25.5. The minimum atomic E-state index is -0.0419. The number of phenolic OH excluding ortho intramolecular Hbond substituents is 1. The highest BCUT2D eigenvalue weighted by molar-refractivity contribution is 5.75. The standard InChI is InChI=1S/C35H39N7O3/c1-2-45-34(44)25-13-11-23(12-14-25)22-7-9-24(10-8-22)26-18-37-35(38-19-26)42-27-15-16-28(42)21-41(20-27)31-17-30(39-40-33(31)36)29-5-3-4-6-32(29)43/h3-10,17-19,23,25,27-28,43H,2,11-16,20-21H2,1H3,(H2,36,40)/t23?,25?,27-,28?/m1/s1. The first-order valence-electron chi connectivity index (χ1n) is 16.0. The molecule has 2 aliphatic heterocycles. The highest BCUT2D eigenvalue weighted by Gasteiger charge is 2.42. The Hall–Kier alpha value is -4.73. The fourth-order valence-electron chi connectivity index (χ4n) is 7.37. The van der Waals surface area contributed by atoms with E-state index in [4.69, 9.17) is 20.4 Å². The number of phenols is 1. The van der Waals surface area contributed by atoms with E-state index in [0.29, 0.717) is 29.6 Å². The van der Waals surface area contributed by atoms with Crippen LogP contribution in [0.2, 0.25) is 0 Å². The first-order chi connectivity index (χ1) is 22.0. The Morgan fingerprint density at radius 2 is 1.60 bits per heavy atom. The van der Waals surface area contributed by atoms with Gasteiger partial charge >= 0.3 is 5.97 Å². The monoisotopic (exact) mass is 605 g/mol. The molecule has 4 aromatic rings. The van der Waals surface area contributed by atoms with Crippen molar-refractivity contribution in [2.24, 2.45) is 5.92 Å². The van der Waals surface area contributed by atoms with E-state index in [0.717, 1.165) is 74.4 Å². The molecular weight excluding hydrogens is 566 g/mol. The molecular formula is C35H39N7O3. The summed E-state index contributed by atoms with van der Waals surface area (Å²) < 4.78 is 5.23. The normalized spacial score (nSPS) is 22.8. The second-order valence-corrected chi connectivity index (χ2v) is 12.4. The summed E-state index contributed by atoms with van der Waals surface area (Å²) in [5.74, 6) is 1.80. The van der Waals surface area contributed by atoms with Gasteiger partial charge in [0.1, 0.15) is 5.75 Å². The fraction of sp³-hybridized carbons (Fsp3) is 0.400. The lowest BCUT2D eigenvalue weighted by atomic mass is 9.78. The summed E-state index contributed by atoms with van der Waals surface area (Å²) in [7, 11) is 0. The van der Waals surface area contributed by atoms with Gasteiger partial charge in [-0.3, -0.25) is 4.79 Å². The van der Waals surface area contributed by atoms with Crippen LogP contribution in [0.3, 0.4) is 0 Å². The zero-order chi connectivity index (χ0) is 30.9. The third-order valence-electron chi connectivity index (χ3n) is 9.74. The molecule has 0 spiro atoms. The van der Waals surface area contributed by atoms with E-state index in [1.165, 1.54) is 5.56 Å². The van der Waals surface area contributed by atoms with Gasteiger partial charge in [-0.15, -0.1) is 10.2 Å². The third-order valence-corrected chi connectivity index (χ3v) is 9.74. The summed E-state index contributed by atoms with van der Waals surface area (Å²) in [6, 6.07) is 18.3. The van der Waals surface area contributed by atoms with Crippen molar-refractivity contribution in [1.82, 2.24) is 20.2 Å². The fourth-order valence-corrected chi connectivity index (χ4v) is 7.37. The molecule has 2 aromatic carbocycles. The lowest BCUT2D eigenvalue weighted by Gasteiger charge is -2.42. The molecule has 0 amide bonds. The molecule has 2 aromatic heterocycles. The number of anilines is 3. The molecule has 1 aliphatic carbocycles. The predicted molar refractivity (Wildman–Crippen MR) is 174 cm³/mol. The second-order valence-electron chi connectivity index (χ2n) is 12.4. The molecule has 10 nitrogen and oxygen atoms in total. The van der Waals surface area contributed by atoms with Gasteiger partial charge in [-0.25, -0.2) is 9.97 Å². The Morgan fingerprint density at radius 1 is 0.911 bits per heavy atom. The Bertz CT molecular complexity index is 1640. The maximum Gasteiger partial charge on any atom is 0.308 e. The van der Waals surface area contributed by atoms with E-state index in [2.05, 4.69) is 44.3 Å². The highest BCUT2D eigenvalue weighted by Crippen LogP contribution is 2.39. The molecule has 10 heteroatoms. The van der Waals surface area contributed by atoms with E-state index in [1.807, 2.05) is 37.5 Å². The Morgan fingerprint density at radius 3 is 2.27 bits per heavy atom. The van der Waals surface area contributed by atoms with Gasteiger partial charge < -0.3 is 25.4 Å². The van der Waals surface area contributed by atoms with Gasteiger partial charge in [0.05, 0.1) is 23.9 Å². The van der Waals surface area contributed by atoms with Crippen molar-refractivity contribution >= 4 is 23.4 Å². The molecule has 2 bridgehead atoms. The van der Waals surface area contributed by atoms with Crippen LogP contribution in [0.4, 0.5) is 17.5 Å². The predicted octanol–water partition coefficient (Wildman–Crippen LogP) is 5.58. The van der Waals surface area contributed by atoms with Crippen molar-refractivity contribution in [3.05, 3.63) is 72.6 Å². The first kappa shape index (κ1) is 29.0. The van der Waals surface area contributed by atoms with E-state index in [9.17, 15) is 9.90 Å². The molecule has 0 radical (unpaired) electrons. The van der Waals surface area contributed by atoms with Gasteiger partial charge in [0.2, 0.25) is 5.95 Å². The van der Waals surface area contributed by atoms with E-state index in [-0.39, 0.29) is 29.7 Å². The van der Waals surface area contributed by atoms with Crippen LogP contribution in [0.25, 0.3) is 22.4 Å². The average molecular weight is 606 g/mol. The van der Waals surface area contributed by atoms with Crippen LogP contribution < -0.4 is 15.5 Å². The van der Waals surface area contributed by atoms with Gasteiger partial charge in [0.25, 0.3) is 0 Å². The van der Waals surface area contributed by atoms with Crippen molar-refractivity contribution in [3.8, 4) is 28.1 Å². The molecule has 2 atom stereocenters. The number of carbonyl (C=O) groups is 1. The average Bonchev–Trinajstić information content (AvgIpc) is 3.34. The number of aromatic nitrogens is 4. The van der Waals surface area contributed by atoms with E-state index < -0.39 is 0 Å². The summed E-state index contributed by atoms with van der Waals surface area (Å²) in [6.45, 7) is 3.87. The number of nitrogen functional groups attached to an aromatic ring is 1. The quantitative estimate of drug-likeness (QED) is 0.257. The van der Waals surface area contributed by atoms with Gasteiger partial charge in [0, 0.05) is 48.7 Å². The van der Waals surface area contributed by atoms with Gasteiger partial charge in [0.15, 0.2) is 5.82 Å². The number of fused-ring (bicyclic) bond motifs is 2. The number of aromatic hydroxyl groups is 1. The number of carbonyl (C=O) groups excluding carboxylic acids is 1. The molecule has 4 heterocycles. The summed E-state index contributed by atoms with van der Waals surface area (Å²) in [6.07, 6.45) is 9.77. The Balaban J connectivity index is 1.01. The van der Waals surface area contributed by atoms with Crippen LogP contribution in [0.5, 0.6) is 5.75 Å². The summed E-state index contributed by atoms with van der Waals surface area (Å²) in [5, 5.41) is 18.8. The second kappa shape index (κ2) is 12.3. The molecule has 1 unspecified atom stereocenters. The topological polar surface area (TPSA) is 131 Å². The first-order valence-corrected chi connectivity index (χ1v) is 16.0. The molecule has 7 rings (SSSR count). The van der Waals surface area contributed by atoms with Crippen molar-refractivity contribution in [1.29, 1.82) is 0 Å².